The van der Waals surface area contributed by atoms with Crippen LogP contribution >= 0.6 is 0 Å². The second-order valence-corrected chi connectivity index (χ2v) is 6.03. The lowest BCUT2D eigenvalue weighted by molar-refractivity contribution is -0.131. The van der Waals surface area contributed by atoms with Gasteiger partial charge in [0, 0.05) is 26.3 Å². The van der Waals surface area contributed by atoms with Crippen LogP contribution in [0.15, 0.2) is 40.1 Å². The normalized spacial score (nSPS) is 10.4. The van der Waals surface area contributed by atoms with E-state index in [1.165, 1.54) is 21.2 Å². The molecule has 7 nitrogen and oxygen atoms in total. The Morgan fingerprint density at radius 3 is 2.31 bits per heavy atom. The second-order valence-electron chi connectivity index (χ2n) is 6.03. The Bertz CT molecular complexity index is 949. The summed E-state index contributed by atoms with van der Waals surface area (Å²) in [4.78, 5) is 38.5. The number of carbonyl (C=O) groups is 1. The molecule has 0 unspecified atom stereocenters. The second kappa shape index (κ2) is 8.30. The third-order valence-electron chi connectivity index (χ3n) is 4.27. The SMILES string of the molecule is CCc1ccc(CN(C)C(=O)Cn2c(=O)c(C#N)cn(CC)c2=O)cc1. The summed E-state index contributed by atoms with van der Waals surface area (Å²) in [6, 6.07) is 9.70. The highest BCUT2D eigenvalue weighted by molar-refractivity contribution is 5.75. The molecule has 1 aromatic carbocycles. The largest absolute Gasteiger partial charge is 0.340 e. The van der Waals surface area contributed by atoms with Gasteiger partial charge in [-0.05, 0) is 24.5 Å². The van der Waals surface area contributed by atoms with Crippen LogP contribution in [0.5, 0.6) is 0 Å². The molecule has 136 valence electrons. The van der Waals surface area contributed by atoms with Crippen molar-refractivity contribution in [1.29, 1.82) is 5.26 Å². The lowest BCUT2D eigenvalue weighted by Crippen LogP contribution is -2.44. The molecule has 2 aromatic rings. The van der Waals surface area contributed by atoms with Gasteiger partial charge in [-0.1, -0.05) is 31.2 Å². The molecule has 26 heavy (non-hydrogen) atoms. The van der Waals surface area contributed by atoms with Crippen LogP contribution in [0.1, 0.15) is 30.5 Å². The number of nitriles is 1. The molecule has 0 radical (unpaired) electrons. The number of nitrogens with zero attached hydrogens (tertiary/aromatic N) is 4. The smallest absolute Gasteiger partial charge is 0.331 e. The predicted octanol–water partition coefficient (Wildman–Crippen LogP) is 1.12. The van der Waals surface area contributed by atoms with Gasteiger partial charge in [0.15, 0.2) is 0 Å². The van der Waals surface area contributed by atoms with E-state index in [2.05, 4.69) is 6.92 Å². The first-order valence-electron chi connectivity index (χ1n) is 8.47. The van der Waals surface area contributed by atoms with Crippen LogP contribution in [0.3, 0.4) is 0 Å². The minimum Gasteiger partial charge on any atom is -0.340 e. The topological polar surface area (TPSA) is 88.1 Å². The van der Waals surface area contributed by atoms with Crippen LogP contribution in [0.25, 0.3) is 0 Å². The molecule has 0 atom stereocenters. The van der Waals surface area contributed by atoms with Gasteiger partial charge in [0.05, 0.1) is 0 Å². The number of carbonyl (C=O) groups excluding carboxylic acids is 1. The van der Waals surface area contributed by atoms with Gasteiger partial charge in [0.2, 0.25) is 5.91 Å². The molecule has 1 heterocycles. The van der Waals surface area contributed by atoms with E-state index in [0.29, 0.717) is 13.1 Å². The van der Waals surface area contributed by atoms with Gasteiger partial charge >= 0.3 is 5.69 Å². The molecule has 1 amide bonds. The lowest BCUT2D eigenvalue weighted by Gasteiger charge is -2.18. The Hall–Kier alpha value is -3.14. The van der Waals surface area contributed by atoms with Crippen LogP contribution in [0.2, 0.25) is 0 Å². The molecule has 7 heteroatoms. The zero-order valence-electron chi connectivity index (χ0n) is 15.2. The Morgan fingerprint density at radius 2 is 1.77 bits per heavy atom. The third-order valence-corrected chi connectivity index (χ3v) is 4.27. The Kier molecular flexibility index (Phi) is 6.12. The van der Waals surface area contributed by atoms with Crippen molar-refractivity contribution >= 4 is 5.91 Å². The number of likely N-dealkylation sites (N-methyl/N-ethyl adjacent to an activating group) is 1. The highest BCUT2D eigenvalue weighted by Gasteiger charge is 2.16. The van der Waals surface area contributed by atoms with Crippen molar-refractivity contribution in [1.82, 2.24) is 14.0 Å². The Balaban J connectivity index is 2.22. The number of amides is 1. The van der Waals surface area contributed by atoms with E-state index < -0.39 is 17.8 Å². The quantitative estimate of drug-likeness (QED) is 0.778. The van der Waals surface area contributed by atoms with Crippen molar-refractivity contribution in [2.45, 2.75) is 39.9 Å². The van der Waals surface area contributed by atoms with Gasteiger partial charge in [0.1, 0.15) is 18.2 Å². The monoisotopic (exact) mass is 354 g/mol. The summed E-state index contributed by atoms with van der Waals surface area (Å²) in [7, 11) is 1.62. The fourth-order valence-corrected chi connectivity index (χ4v) is 2.59. The number of hydrogen-bond donors (Lipinski definition) is 0. The highest BCUT2D eigenvalue weighted by Crippen LogP contribution is 2.07. The maximum absolute atomic E-state index is 12.5. The molecule has 0 spiro atoms. The molecule has 0 saturated heterocycles. The van der Waals surface area contributed by atoms with Crippen molar-refractivity contribution in [2.75, 3.05) is 7.05 Å². The average Bonchev–Trinajstić information content (AvgIpc) is 2.65. The van der Waals surface area contributed by atoms with Gasteiger partial charge in [-0.3, -0.25) is 14.2 Å². The number of benzene rings is 1. The van der Waals surface area contributed by atoms with Gasteiger partial charge in [-0.15, -0.1) is 0 Å². The molecular weight excluding hydrogens is 332 g/mol. The number of rotatable bonds is 6. The third kappa shape index (κ3) is 4.09. The minimum absolute atomic E-state index is 0.156. The van der Waals surface area contributed by atoms with Gasteiger partial charge in [-0.25, -0.2) is 9.36 Å². The minimum atomic E-state index is -0.740. The van der Waals surface area contributed by atoms with E-state index in [0.717, 1.165) is 16.6 Å². The van der Waals surface area contributed by atoms with Crippen LogP contribution in [-0.4, -0.2) is 27.0 Å². The predicted molar refractivity (Wildman–Crippen MR) is 97.6 cm³/mol. The molecule has 2 rings (SSSR count). The van der Waals surface area contributed by atoms with Crippen molar-refractivity contribution in [3.8, 4) is 6.07 Å². The first-order chi connectivity index (χ1) is 12.4. The van der Waals surface area contributed by atoms with Crippen molar-refractivity contribution < 1.29 is 4.79 Å². The molecular formula is C19H22N4O3. The zero-order chi connectivity index (χ0) is 19.3. The fraction of sp³-hybridized carbons (Fsp3) is 0.368. The first kappa shape index (κ1) is 19.2. The summed E-state index contributed by atoms with van der Waals surface area (Å²) in [5, 5.41) is 9.06. The number of aromatic nitrogens is 2. The van der Waals surface area contributed by atoms with E-state index in [9.17, 15) is 14.4 Å². The summed E-state index contributed by atoms with van der Waals surface area (Å²) in [6.45, 7) is 4.09. The van der Waals surface area contributed by atoms with Crippen LogP contribution in [0.4, 0.5) is 0 Å². The summed E-state index contributed by atoms with van der Waals surface area (Å²) in [5.41, 5.74) is 0.684. The molecule has 0 aliphatic heterocycles. The van der Waals surface area contributed by atoms with Gasteiger partial charge < -0.3 is 4.90 Å². The van der Waals surface area contributed by atoms with E-state index in [-0.39, 0.29) is 11.5 Å². The van der Waals surface area contributed by atoms with Crippen LogP contribution in [0, 0.1) is 11.3 Å². The summed E-state index contributed by atoms with van der Waals surface area (Å²) >= 11 is 0. The van der Waals surface area contributed by atoms with Gasteiger partial charge in [0.25, 0.3) is 5.56 Å². The molecule has 1 aromatic heterocycles. The zero-order valence-corrected chi connectivity index (χ0v) is 15.2. The van der Waals surface area contributed by atoms with Crippen molar-refractivity contribution in [3.05, 3.63) is 68.0 Å². The molecule has 0 bridgehead atoms. The molecule has 0 N–H and O–H groups in total. The average molecular weight is 354 g/mol. The first-order valence-corrected chi connectivity index (χ1v) is 8.47. The van der Waals surface area contributed by atoms with E-state index >= 15 is 0 Å². The van der Waals surface area contributed by atoms with E-state index in [1.54, 1.807) is 20.0 Å². The summed E-state index contributed by atoms with van der Waals surface area (Å²) in [6.07, 6.45) is 2.17. The summed E-state index contributed by atoms with van der Waals surface area (Å²) in [5.74, 6) is -0.374. The van der Waals surface area contributed by atoms with E-state index in [4.69, 9.17) is 5.26 Å². The molecule has 0 saturated carbocycles. The van der Waals surface area contributed by atoms with Crippen molar-refractivity contribution in [2.24, 2.45) is 0 Å². The standard InChI is InChI=1S/C19H22N4O3/c1-4-14-6-8-15(9-7-14)11-21(3)17(24)13-23-18(25)16(10-20)12-22(5-2)19(23)26/h6-9,12H,4-5,11,13H2,1-3H3. The van der Waals surface area contributed by atoms with Crippen LogP contribution in [-0.2, 0) is 30.8 Å². The highest BCUT2D eigenvalue weighted by atomic mass is 16.2. The summed E-state index contributed by atoms with van der Waals surface area (Å²) < 4.78 is 2.07. The maximum Gasteiger partial charge on any atom is 0.331 e. The lowest BCUT2D eigenvalue weighted by atomic mass is 10.1. The molecule has 0 aliphatic rings. The molecule has 0 fully saturated rings. The number of aryl methyl sites for hydroxylation is 2. The van der Waals surface area contributed by atoms with Gasteiger partial charge in [-0.2, -0.15) is 5.26 Å². The Morgan fingerprint density at radius 1 is 1.15 bits per heavy atom. The van der Waals surface area contributed by atoms with Crippen LogP contribution < -0.4 is 11.2 Å². The Labute approximate surface area is 151 Å². The molecule has 0 aliphatic carbocycles. The maximum atomic E-state index is 12.5. The van der Waals surface area contributed by atoms with E-state index in [1.807, 2.05) is 24.3 Å². The number of hydrogen-bond acceptors (Lipinski definition) is 4. The van der Waals surface area contributed by atoms with Crippen molar-refractivity contribution in [3.63, 3.8) is 0 Å². The fourth-order valence-electron chi connectivity index (χ4n) is 2.59.